The lowest BCUT2D eigenvalue weighted by Crippen LogP contribution is -2.34. The van der Waals surface area contributed by atoms with Crippen molar-refractivity contribution in [3.63, 3.8) is 0 Å². The molecule has 1 fully saturated rings. The van der Waals surface area contributed by atoms with Crippen molar-refractivity contribution in [2.75, 3.05) is 24.7 Å². The van der Waals surface area contributed by atoms with Gasteiger partial charge >= 0.3 is 0 Å². The van der Waals surface area contributed by atoms with E-state index < -0.39 is 5.41 Å². The third-order valence-electron chi connectivity index (χ3n) is 3.58. The van der Waals surface area contributed by atoms with Crippen LogP contribution in [-0.2, 0) is 14.4 Å². The number of amides is 2. The first-order valence-electron chi connectivity index (χ1n) is 7.84. The van der Waals surface area contributed by atoms with Crippen LogP contribution >= 0.6 is 11.8 Å². The summed E-state index contributed by atoms with van der Waals surface area (Å²) in [4.78, 5) is 37.8. The van der Waals surface area contributed by atoms with Gasteiger partial charge in [0.25, 0.3) is 0 Å². The molecule has 0 saturated carbocycles. The van der Waals surface area contributed by atoms with E-state index >= 15 is 0 Å². The second-order valence-electron chi connectivity index (χ2n) is 6.64. The number of rotatable bonds is 5. The minimum atomic E-state index is -0.532. The highest BCUT2D eigenvalue weighted by Crippen LogP contribution is 2.30. The fourth-order valence-electron chi connectivity index (χ4n) is 2.05. The van der Waals surface area contributed by atoms with E-state index in [9.17, 15) is 14.4 Å². The number of benzene rings is 1. The Morgan fingerprint density at radius 1 is 1.28 bits per heavy atom. The van der Waals surface area contributed by atoms with E-state index in [2.05, 4.69) is 5.32 Å². The van der Waals surface area contributed by atoms with E-state index in [0.717, 1.165) is 0 Å². The van der Waals surface area contributed by atoms with Crippen LogP contribution in [0.5, 0.6) is 5.75 Å². The summed E-state index contributed by atoms with van der Waals surface area (Å²) in [6.45, 7) is 5.32. The number of thioether (sulfide) groups is 1. The summed E-state index contributed by atoms with van der Waals surface area (Å²) in [6, 6.07) is 6.91. The Balaban J connectivity index is 2.05. The first-order chi connectivity index (χ1) is 11.7. The third kappa shape index (κ3) is 5.09. The number of anilines is 1. The van der Waals surface area contributed by atoms with Crippen molar-refractivity contribution < 1.29 is 19.1 Å². The summed E-state index contributed by atoms with van der Waals surface area (Å²) in [6.07, 6.45) is 1.45. The van der Waals surface area contributed by atoms with E-state index in [1.807, 2.05) is 20.8 Å². The lowest BCUT2D eigenvalue weighted by molar-refractivity contribution is -0.129. The number of hydrogen-bond donors (Lipinski definition) is 1. The SMILES string of the molecule is COc1ccc(NC(=O)CN2C(=O)CS/C2=C\C(=O)C(C)(C)C)cc1. The molecule has 1 heterocycles. The monoisotopic (exact) mass is 362 g/mol. The highest BCUT2D eigenvalue weighted by molar-refractivity contribution is 8.04. The topological polar surface area (TPSA) is 75.7 Å². The molecule has 0 aliphatic carbocycles. The average Bonchev–Trinajstić information content (AvgIpc) is 2.88. The molecule has 0 bridgehead atoms. The molecule has 1 aromatic rings. The van der Waals surface area contributed by atoms with E-state index in [0.29, 0.717) is 16.5 Å². The highest BCUT2D eigenvalue weighted by Gasteiger charge is 2.30. The lowest BCUT2D eigenvalue weighted by atomic mass is 9.91. The third-order valence-corrected chi connectivity index (χ3v) is 4.61. The molecule has 0 atom stereocenters. The van der Waals surface area contributed by atoms with Crippen LogP contribution in [-0.4, -0.2) is 41.9 Å². The predicted octanol–water partition coefficient (Wildman–Crippen LogP) is 2.67. The maximum Gasteiger partial charge on any atom is 0.244 e. The molecule has 2 rings (SSSR count). The number of ketones is 1. The number of allylic oxidation sites excluding steroid dienone is 1. The minimum absolute atomic E-state index is 0.0785. The van der Waals surface area contributed by atoms with Gasteiger partial charge in [0.05, 0.1) is 17.9 Å². The lowest BCUT2D eigenvalue weighted by Gasteiger charge is -2.19. The standard InChI is InChI=1S/C18H22N2O4S/c1-18(2,3)14(21)9-17-20(16(23)11-25-17)10-15(22)19-12-5-7-13(24-4)8-6-12/h5-9H,10-11H2,1-4H3,(H,19,22)/b17-9-. The van der Waals surface area contributed by atoms with Crippen LogP contribution in [0.15, 0.2) is 35.4 Å². The van der Waals surface area contributed by atoms with Gasteiger partial charge < -0.3 is 10.1 Å². The molecule has 0 radical (unpaired) electrons. The zero-order valence-corrected chi connectivity index (χ0v) is 15.6. The smallest absolute Gasteiger partial charge is 0.244 e. The Bertz CT molecular complexity index is 705. The van der Waals surface area contributed by atoms with Gasteiger partial charge in [0.2, 0.25) is 11.8 Å². The summed E-state index contributed by atoms with van der Waals surface area (Å²) >= 11 is 1.28. The van der Waals surface area contributed by atoms with Crippen molar-refractivity contribution in [3.05, 3.63) is 35.4 Å². The Morgan fingerprint density at radius 3 is 2.48 bits per heavy atom. The zero-order chi connectivity index (χ0) is 18.6. The second kappa shape index (κ2) is 7.74. The van der Waals surface area contributed by atoms with Gasteiger partial charge in [0.1, 0.15) is 12.3 Å². The Hall–Kier alpha value is -2.28. The number of nitrogens with one attached hydrogen (secondary N) is 1. The van der Waals surface area contributed by atoms with Crippen molar-refractivity contribution in [1.29, 1.82) is 0 Å². The zero-order valence-electron chi connectivity index (χ0n) is 14.8. The number of carbonyl (C=O) groups is 3. The van der Waals surface area contributed by atoms with Crippen molar-refractivity contribution in [2.45, 2.75) is 20.8 Å². The summed E-state index contributed by atoms with van der Waals surface area (Å²) in [5.74, 6) is 0.345. The Labute approximate surface area is 151 Å². The van der Waals surface area contributed by atoms with Crippen LogP contribution in [0.3, 0.4) is 0 Å². The molecule has 1 N–H and O–H groups in total. The molecule has 25 heavy (non-hydrogen) atoms. The van der Waals surface area contributed by atoms with Gasteiger partial charge in [-0.1, -0.05) is 32.5 Å². The quantitative estimate of drug-likeness (QED) is 0.815. The van der Waals surface area contributed by atoms with Crippen LogP contribution in [0.25, 0.3) is 0 Å². The van der Waals surface area contributed by atoms with Gasteiger partial charge in [-0.2, -0.15) is 0 Å². The van der Waals surface area contributed by atoms with Gasteiger partial charge in [-0.25, -0.2) is 0 Å². The van der Waals surface area contributed by atoms with E-state index in [1.165, 1.54) is 22.7 Å². The summed E-state index contributed by atoms with van der Waals surface area (Å²) in [5, 5.41) is 3.26. The molecule has 7 heteroatoms. The van der Waals surface area contributed by atoms with Crippen LogP contribution in [0.1, 0.15) is 20.8 Å². The molecule has 134 valence electrons. The number of nitrogens with zero attached hydrogens (tertiary/aromatic N) is 1. The van der Waals surface area contributed by atoms with Crippen molar-refractivity contribution in [1.82, 2.24) is 4.90 Å². The van der Waals surface area contributed by atoms with Crippen LogP contribution < -0.4 is 10.1 Å². The first-order valence-corrected chi connectivity index (χ1v) is 8.82. The Morgan fingerprint density at radius 2 is 1.92 bits per heavy atom. The highest BCUT2D eigenvalue weighted by atomic mass is 32.2. The molecule has 0 spiro atoms. The van der Waals surface area contributed by atoms with Crippen molar-refractivity contribution in [3.8, 4) is 5.75 Å². The average molecular weight is 362 g/mol. The number of hydrogen-bond acceptors (Lipinski definition) is 5. The van der Waals surface area contributed by atoms with E-state index in [-0.39, 0.29) is 29.9 Å². The van der Waals surface area contributed by atoms with Crippen molar-refractivity contribution >= 4 is 35.0 Å². The van der Waals surface area contributed by atoms with Gasteiger partial charge in [0.15, 0.2) is 5.78 Å². The van der Waals surface area contributed by atoms with Gasteiger partial charge in [-0.15, -0.1) is 0 Å². The molecule has 1 saturated heterocycles. The molecule has 1 aromatic carbocycles. The molecule has 2 amide bonds. The van der Waals surface area contributed by atoms with E-state index in [1.54, 1.807) is 31.4 Å². The first kappa shape index (κ1) is 19.1. The van der Waals surface area contributed by atoms with Crippen LogP contribution in [0, 0.1) is 5.41 Å². The number of methoxy groups -OCH3 is 1. The molecule has 1 aliphatic heterocycles. The summed E-state index contributed by atoms with van der Waals surface area (Å²) < 4.78 is 5.07. The molecule has 1 aliphatic rings. The number of carbonyl (C=O) groups excluding carboxylic acids is 3. The van der Waals surface area contributed by atoms with Crippen LogP contribution in [0.4, 0.5) is 5.69 Å². The maximum atomic E-state index is 12.2. The molecule has 0 unspecified atom stereocenters. The fourth-order valence-corrected chi connectivity index (χ4v) is 2.99. The fraction of sp³-hybridized carbons (Fsp3) is 0.389. The summed E-state index contributed by atoms with van der Waals surface area (Å²) in [5.41, 5.74) is 0.0809. The molecule has 0 aromatic heterocycles. The van der Waals surface area contributed by atoms with Gasteiger partial charge in [0, 0.05) is 17.2 Å². The number of ether oxygens (including phenoxy) is 1. The molecular weight excluding hydrogens is 340 g/mol. The van der Waals surface area contributed by atoms with Crippen molar-refractivity contribution in [2.24, 2.45) is 5.41 Å². The largest absolute Gasteiger partial charge is 0.497 e. The normalized spacial score (nSPS) is 16.2. The predicted molar refractivity (Wildman–Crippen MR) is 98.3 cm³/mol. The molecule has 6 nitrogen and oxygen atoms in total. The second-order valence-corrected chi connectivity index (χ2v) is 7.64. The Kier molecular flexibility index (Phi) is 5.89. The van der Waals surface area contributed by atoms with Gasteiger partial charge in [-0.3, -0.25) is 19.3 Å². The maximum absolute atomic E-state index is 12.2. The summed E-state index contributed by atoms with van der Waals surface area (Å²) in [7, 11) is 1.57. The van der Waals surface area contributed by atoms with E-state index in [4.69, 9.17) is 4.74 Å². The molecular formula is C18H22N2O4S. The van der Waals surface area contributed by atoms with Crippen LogP contribution in [0.2, 0.25) is 0 Å². The van der Waals surface area contributed by atoms with Gasteiger partial charge in [-0.05, 0) is 24.3 Å². The minimum Gasteiger partial charge on any atom is -0.497 e.